The zero-order valence-electron chi connectivity index (χ0n) is 9.82. The van der Waals surface area contributed by atoms with Crippen LogP contribution in [0.25, 0.3) is 0 Å². The second-order valence-electron chi connectivity index (χ2n) is 4.52. The summed E-state index contributed by atoms with van der Waals surface area (Å²) in [5.41, 5.74) is 1.09. The zero-order valence-corrected chi connectivity index (χ0v) is 11.4. The maximum Gasteiger partial charge on any atom is 0.137 e. The van der Waals surface area contributed by atoms with Gasteiger partial charge in [-0.2, -0.15) is 0 Å². The molecular weight excluding hydrogens is 280 g/mol. The van der Waals surface area contributed by atoms with Gasteiger partial charge in [0.05, 0.1) is 6.10 Å². The molecule has 1 atom stereocenters. The molecule has 1 aromatic carbocycles. The number of benzene rings is 1. The van der Waals surface area contributed by atoms with Crippen LogP contribution in [0.5, 0.6) is 0 Å². The van der Waals surface area contributed by atoms with Crippen molar-refractivity contribution < 1.29 is 9.53 Å². The van der Waals surface area contributed by atoms with E-state index < -0.39 is 0 Å². The minimum absolute atomic E-state index is 0.308. The molecule has 0 spiro atoms. The number of halogens is 1. The van der Waals surface area contributed by atoms with Crippen molar-refractivity contribution in [3.63, 3.8) is 0 Å². The molecule has 1 aliphatic rings. The first-order valence-electron chi connectivity index (χ1n) is 6.12. The molecule has 0 aromatic heterocycles. The van der Waals surface area contributed by atoms with E-state index in [4.69, 9.17) is 4.74 Å². The molecule has 0 saturated carbocycles. The van der Waals surface area contributed by atoms with E-state index in [-0.39, 0.29) is 0 Å². The van der Waals surface area contributed by atoms with Crippen LogP contribution in [0.1, 0.15) is 31.2 Å². The number of hydrogen-bond acceptors (Lipinski definition) is 2. The van der Waals surface area contributed by atoms with E-state index in [2.05, 4.69) is 15.9 Å². The Hall–Kier alpha value is -0.670. The quantitative estimate of drug-likeness (QED) is 0.831. The summed E-state index contributed by atoms with van der Waals surface area (Å²) < 4.78 is 6.56. The van der Waals surface area contributed by atoms with Gasteiger partial charge in [0.25, 0.3) is 0 Å². The van der Waals surface area contributed by atoms with Crippen molar-refractivity contribution in [2.45, 2.75) is 38.2 Å². The molecule has 1 aliphatic heterocycles. The number of carbonyl (C=O) groups excluding carboxylic acids is 1. The molecule has 2 nitrogen and oxygen atoms in total. The molecular formula is C14H17BrO2. The van der Waals surface area contributed by atoms with Gasteiger partial charge in [-0.3, -0.25) is 4.79 Å². The summed E-state index contributed by atoms with van der Waals surface area (Å²) in [4.78, 5) is 11.8. The van der Waals surface area contributed by atoms with Gasteiger partial charge in [0.15, 0.2) is 0 Å². The van der Waals surface area contributed by atoms with Gasteiger partial charge < -0.3 is 4.74 Å². The minimum Gasteiger partial charge on any atom is -0.378 e. The van der Waals surface area contributed by atoms with Crippen molar-refractivity contribution in [3.8, 4) is 0 Å². The van der Waals surface area contributed by atoms with Gasteiger partial charge in [-0.05, 0) is 37.0 Å². The molecule has 1 saturated heterocycles. The number of rotatable bonds is 5. The molecule has 0 bridgehead atoms. The maximum absolute atomic E-state index is 11.8. The number of ether oxygens (including phenoxy) is 1. The van der Waals surface area contributed by atoms with Crippen molar-refractivity contribution in [3.05, 3.63) is 34.3 Å². The summed E-state index contributed by atoms with van der Waals surface area (Å²) in [5, 5.41) is 0. The van der Waals surface area contributed by atoms with Gasteiger partial charge in [0.2, 0.25) is 0 Å². The summed E-state index contributed by atoms with van der Waals surface area (Å²) in [7, 11) is 0. The van der Waals surface area contributed by atoms with Gasteiger partial charge in [0, 0.05) is 23.9 Å². The molecule has 1 fully saturated rings. The van der Waals surface area contributed by atoms with Crippen LogP contribution in [-0.2, 0) is 16.0 Å². The van der Waals surface area contributed by atoms with Crippen LogP contribution in [-0.4, -0.2) is 18.5 Å². The summed E-state index contributed by atoms with van der Waals surface area (Å²) in [6.45, 7) is 0.867. The molecule has 17 heavy (non-hydrogen) atoms. The Bertz CT molecular complexity index is 366. The maximum atomic E-state index is 11.8. The van der Waals surface area contributed by atoms with Crippen LogP contribution in [0.3, 0.4) is 0 Å². The lowest BCUT2D eigenvalue weighted by Crippen LogP contribution is -2.10. The number of Topliss-reactive ketones (excluding diaryl/α,β-unsaturated/α-hetero) is 1. The van der Waals surface area contributed by atoms with Gasteiger partial charge in [0.1, 0.15) is 5.78 Å². The first kappa shape index (κ1) is 12.8. The largest absolute Gasteiger partial charge is 0.378 e. The Morgan fingerprint density at radius 1 is 1.35 bits per heavy atom. The third-order valence-electron chi connectivity index (χ3n) is 3.08. The van der Waals surface area contributed by atoms with E-state index in [1.165, 1.54) is 0 Å². The number of ketones is 1. The molecule has 3 heteroatoms. The topological polar surface area (TPSA) is 26.3 Å². The van der Waals surface area contributed by atoms with Crippen molar-refractivity contribution in [2.75, 3.05) is 6.61 Å². The Morgan fingerprint density at radius 2 is 2.12 bits per heavy atom. The summed E-state index contributed by atoms with van der Waals surface area (Å²) in [6.07, 6.45) is 4.65. The average Bonchev–Trinajstić information content (AvgIpc) is 2.83. The lowest BCUT2D eigenvalue weighted by molar-refractivity contribution is -0.119. The molecule has 1 unspecified atom stereocenters. The fourth-order valence-corrected chi connectivity index (χ4v) is 2.38. The third-order valence-corrected chi connectivity index (χ3v) is 3.61. The minimum atomic E-state index is 0.308. The van der Waals surface area contributed by atoms with E-state index >= 15 is 0 Å². The standard InChI is InChI=1S/C14H17BrO2/c15-12-5-3-11(4-6-12)10-13(16)7-8-14-2-1-9-17-14/h3-6,14H,1-2,7-10H2. The summed E-state index contributed by atoms with van der Waals surface area (Å²) >= 11 is 3.39. The molecule has 92 valence electrons. The third kappa shape index (κ3) is 4.25. The molecule has 2 rings (SSSR count). The fraction of sp³-hybridized carbons (Fsp3) is 0.500. The SMILES string of the molecule is O=C(CCC1CCCO1)Cc1ccc(Br)cc1. The fourth-order valence-electron chi connectivity index (χ4n) is 2.11. The van der Waals surface area contributed by atoms with Crippen LogP contribution in [0.4, 0.5) is 0 Å². The van der Waals surface area contributed by atoms with Gasteiger partial charge >= 0.3 is 0 Å². The lowest BCUT2D eigenvalue weighted by Gasteiger charge is -2.08. The van der Waals surface area contributed by atoms with Crippen LogP contribution in [0.2, 0.25) is 0 Å². The highest BCUT2D eigenvalue weighted by atomic mass is 79.9. The Kier molecular flexibility index (Phi) is 4.75. The van der Waals surface area contributed by atoms with E-state index in [1.54, 1.807) is 0 Å². The molecule has 0 radical (unpaired) electrons. The van der Waals surface area contributed by atoms with Crippen molar-refractivity contribution >= 4 is 21.7 Å². The number of carbonyl (C=O) groups is 1. The van der Waals surface area contributed by atoms with Crippen molar-refractivity contribution in [2.24, 2.45) is 0 Å². The second-order valence-corrected chi connectivity index (χ2v) is 5.43. The predicted octanol–water partition coefficient (Wildman–Crippen LogP) is 3.52. The Balaban J connectivity index is 1.74. The van der Waals surface area contributed by atoms with Crippen LogP contribution < -0.4 is 0 Å². The highest BCUT2D eigenvalue weighted by Gasteiger charge is 2.16. The first-order valence-corrected chi connectivity index (χ1v) is 6.91. The van der Waals surface area contributed by atoms with Gasteiger partial charge in [-0.25, -0.2) is 0 Å². The monoisotopic (exact) mass is 296 g/mol. The lowest BCUT2D eigenvalue weighted by atomic mass is 10.0. The predicted molar refractivity (Wildman–Crippen MR) is 71.1 cm³/mol. The molecule has 1 aromatic rings. The van der Waals surface area contributed by atoms with Crippen molar-refractivity contribution in [1.82, 2.24) is 0 Å². The smallest absolute Gasteiger partial charge is 0.137 e. The van der Waals surface area contributed by atoms with E-state index in [0.717, 1.165) is 35.9 Å². The Labute approximate surface area is 110 Å². The zero-order chi connectivity index (χ0) is 12.1. The van der Waals surface area contributed by atoms with E-state index in [9.17, 15) is 4.79 Å². The summed E-state index contributed by atoms with van der Waals surface area (Å²) in [5.74, 6) is 0.308. The van der Waals surface area contributed by atoms with Gasteiger partial charge in [-0.15, -0.1) is 0 Å². The van der Waals surface area contributed by atoms with Crippen LogP contribution >= 0.6 is 15.9 Å². The molecule has 0 amide bonds. The Morgan fingerprint density at radius 3 is 2.76 bits per heavy atom. The van der Waals surface area contributed by atoms with Gasteiger partial charge in [-0.1, -0.05) is 28.1 Å². The molecule has 0 aliphatic carbocycles. The average molecular weight is 297 g/mol. The van der Waals surface area contributed by atoms with E-state index in [0.29, 0.717) is 24.7 Å². The highest BCUT2D eigenvalue weighted by Crippen LogP contribution is 2.18. The van der Waals surface area contributed by atoms with Crippen LogP contribution in [0, 0.1) is 0 Å². The normalized spacial score (nSPS) is 19.5. The molecule has 1 heterocycles. The highest BCUT2D eigenvalue weighted by molar-refractivity contribution is 9.10. The van der Waals surface area contributed by atoms with Crippen LogP contribution in [0.15, 0.2) is 28.7 Å². The van der Waals surface area contributed by atoms with E-state index in [1.807, 2.05) is 24.3 Å². The van der Waals surface area contributed by atoms with Crippen molar-refractivity contribution in [1.29, 1.82) is 0 Å². The molecule has 0 N–H and O–H groups in total. The first-order chi connectivity index (χ1) is 8.24. The number of hydrogen-bond donors (Lipinski definition) is 0. The summed E-state index contributed by atoms with van der Waals surface area (Å²) in [6, 6.07) is 7.94. The second kappa shape index (κ2) is 6.31.